The van der Waals surface area contributed by atoms with Gasteiger partial charge >= 0.3 is 0 Å². The van der Waals surface area contributed by atoms with Gasteiger partial charge in [-0.25, -0.2) is 0 Å². The Balaban J connectivity index is 2.40. The fourth-order valence-electron chi connectivity index (χ4n) is 1.64. The summed E-state index contributed by atoms with van der Waals surface area (Å²) < 4.78 is 5.20. The van der Waals surface area contributed by atoms with Crippen molar-refractivity contribution < 1.29 is 4.74 Å². The van der Waals surface area contributed by atoms with Gasteiger partial charge < -0.3 is 9.64 Å². The molecule has 1 aromatic rings. The zero-order chi connectivity index (χ0) is 10.1. The summed E-state index contributed by atoms with van der Waals surface area (Å²) in [5, 5.41) is 0.784. The normalized spacial score (nSPS) is 15.2. The number of hydrogen-bond acceptors (Lipinski definition) is 2. The van der Waals surface area contributed by atoms with Crippen LogP contribution in [-0.4, -0.2) is 20.2 Å². The first-order valence-electron chi connectivity index (χ1n) is 4.81. The van der Waals surface area contributed by atoms with Gasteiger partial charge in [0.1, 0.15) is 5.75 Å². The van der Waals surface area contributed by atoms with E-state index >= 15 is 0 Å². The molecule has 1 fully saturated rings. The lowest BCUT2D eigenvalue weighted by Gasteiger charge is -2.34. The highest BCUT2D eigenvalue weighted by atomic mass is 35.5. The Hall–Kier alpha value is -0.890. The summed E-state index contributed by atoms with van der Waals surface area (Å²) in [6, 6.07) is 3.92. The molecule has 0 spiro atoms. The largest absolute Gasteiger partial charge is 0.497 e. The minimum Gasteiger partial charge on any atom is -0.497 e. The molecule has 14 heavy (non-hydrogen) atoms. The van der Waals surface area contributed by atoms with Gasteiger partial charge in [0.05, 0.1) is 7.11 Å². The first-order chi connectivity index (χ1) is 6.72. The molecule has 3 heteroatoms. The van der Waals surface area contributed by atoms with Gasteiger partial charge in [0.25, 0.3) is 0 Å². The third-order valence-electron chi connectivity index (χ3n) is 2.72. The minimum absolute atomic E-state index is 0.784. The molecule has 0 unspecified atom stereocenters. The van der Waals surface area contributed by atoms with Crippen LogP contribution in [0.5, 0.6) is 5.75 Å². The zero-order valence-electron chi connectivity index (χ0n) is 8.51. The van der Waals surface area contributed by atoms with Gasteiger partial charge in [-0.3, -0.25) is 0 Å². The Bertz CT molecular complexity index is 347. The lowest BCUT2D eigenvalue weighted by Crippen LogP contribution is -2.37. The van der Waals surface area contributed by atoms with Crippen LogP contribution in [0.3, 0.4) is 0 Å². The summed E-state index contributed by atoms with van der Waals surface area (Å²) in [6.07, 6.45) is 1.27. The van der Waals surface area contributed by atoms with Gasteiger partial charge in [-0.15, -0.1) is 0 Å². The molecule has 0 N–H and O–H groups in total. The van der Waals surface area contributed by atoms with E-state index in [1.54, 1.807) is 7.11 Å². The maximum atomic E-state index is 6.12. The standard InChI is InChI=1S/C11H14ClNO/c1-8-10(12)6-9(14-2)7-11(8)13-4-3-5-13/h6-7H,3-5H2,1-2H3. The first kappa shape index (κ1) is 9.66. The second-order valence-electron chi connectivity index (χ2n) is 3.59. The minimum atomic E-state index is 0.784. The van der Waals surface area contributed by atoms with Crippen LogP contribution < -0.4 is 9.64 Å². The van der Waals surface area contributed by atoms with Gasteiger partial charge in [0.15, 0.2) is 0 Å². The molecule has 0 aromatic heterocycles. The monoisotopic (exact) mass is 211 g/mol. The van der Waals surface area contributed by atoms with Crippen LogP contribution in [0.25, 0.3) is 0 Å². The van der Waals surface area contributed by atoms with E-state index in [-0.39, 0.29) is 0 Å². The van der Waals surface area contributed by atoms with E-state index < -0.39 is 0 Å². The van der Waals surface area contributed by atoms with Crippen molar-refractivity contribution in [2.75, 3.05) is 25.1 Å². The van der Waals surface area contributed by atoms with Crippen molar-refractivity contribution in [1.82, 2.24) is 0 Å². The van der Waals surface area contributed by atoms with Crippen LogP contribution in [0.1, 0.15) is 12.0 Å². The van der Waals surface area contributed by atoms with Crippen molar-refractivity contribution in [2.24, 2.45) is 0 Å². The van der Waals surface area contributed by atoms with Crippen molar-refractivity contribution in [3.8, 4) is 5.75 Å². The fourth-order valence-corrected chi connectivity index (χ4v) is 1.85. The Morgan fingerprint density at radius 3 is 2.57 bits per heavy atom. The number of methoxy groups -OCH3 is 1. The second kappa shape index (κ2) is 3.70. The van der Waals surface area contributed by atoms with E-state index in [1.165, 1.54) is 12.1 Å². The number of halogens is 1. The molecule has 1 saturated heterocycles. The van der Waals surface area contributed by atoms with Gasteiger partial charge in [-0.2, -0.15) is 0 Å². The maximum Gasteiger partial charge on any atom is 0.122 e. The SMILES string of the molecule is COc1cc(Cl)c(C)c(N2CCC2)c1. The molecule has 1 heterocycles. The van der Waals surface area contributed by atoms with Gasteiger partial charge in [0.2, 0.25) is 0 Å². The lowest BCUT2D eigenvalue weighted by molar-refractivity contribution is 0.414. The van der Waals surface area contributed by atoms with Crippen molar-refractivity contribution >= 4 is 17.3 Å². The number of benzene rings is 1. The van der Waals surface area contributed by atoms with Crippen LogP contribution in [0.4, 0.5) is 5.69 Å². The summed E-state index contributed by atoms with van der Waals surface area (Å²) in [4.78, 5) is 2.32. The van der Waals surface area contributed by atoms with E-state index in [2.05, 4.69) is 17.9 Å². The number of ether oxygens (including phenoxy) is 1. The summed E-state index contributed by atoms with van der Waals surface area (Å²) in [6.45, 7) is 4.31. The van der Waals surface area contributed by atoms with E-state index in [4.69, 9.17) is 16.3 Å². The molecule has 2 rings (SSSR count). The highest BCUT2D eigenvalue weighted by Crippen LogP contribution is 2.34. The molecule has 0 bridgehead atoms. The Morgan fingerprint density at radius 1 is 1.36 bits per heavy atom. The third kappa shape index (κ3) is 1.55. The van der Waals surface area contributed by atoms with Crippen molar-refractivity contribution in [3.63, 3.8) is 0 Å². The van der Waals surface area contributed by atoms with E-state index in [1.807, 2.05) is 6.07 Å². The molecule has 1 aliphatic heterocycles. The second-order valence-corrected chi connectivity index (χ2v) is 4.00. The van der Waals surface area contributed by atoms with Crippen LogP contribution in [0.15, 0.2) is 12.1 Å². The summed E-state index contributed by atoms with van der Waals surface area (Å²) in [7, 11) is 1.67. The third-order valence-corrected chi connectivity index (χ3v) is 3.12. The smallest absolute Gasteiger partial charge is 0.122 e. The van der Waals surface area contributed by atoms with Crippen molar-refractivity contribution in [3.05, 3.63) is 22.7 Å². The van der Waals surface area contributed by atoms with Gasteiger partial charge in [0, 0.05) is 29.9 Å². The van der Waals surface area contributed by atoms with Crippen molar-refractivity contribution in [1.29, 1.82) is 0 Å². The highest BCUT2D eigenvalue weighted by Gasteiger charge is 2.18. The predicted octanol–water partition coefficient (Wildman–Crippen LogP) is 2.87. The molecular formula is C11H14ClNO. The first-order valence-corrected chi connectivity index (χ1v) is 5.19. The lowest BCUT2D eigenvalue weighted by atomic mass is 10.1. The molecule has 76 valence electrons. The molecule has 0 amide bonds. The number of rotatable bonds is 2. The van der Waals surface area contributed by atoms with Gasteiger partial charge in [-0.1, -0.05) is 11.6 Å². The summed E-state index contributed by atoms with van der Waals surface area (Å²) >= 11 is 6.12. The maximum absolute atomic E-state index is 6.12. The molecular weight excluding hydrogens is 198 g/mol. The van der Waals surface area contributed by atoms with E-state index in [9.17, 15) is 0 Å². The van der Waals surface area contributed by atoms with Crippen molar-refractivity contribution in [2.45, 2.75) is 13.3 Å². The molecule has 2 nitrogen and oxygen atoms in total. The summed E-state index contributed by atoms with van der Waals surface area (Å²) in [5.74, 6) is 0.836. The number of anilines is 1. The van der Waals surface area contributed by atoms with E-state index in [0.717, 1.165) is 29.4 Å². The van der Waals surface area contributed by atoms with Crippen LogP contribution >= 0.6 is 11.6 Å². The van der Waals surface area contributed by atoms with E-state index in [0.29, 0.717) is 0 Å². The Morgan fingerprint density at radius 2 is 2.07 bits per heavy atom. The topological polar surface area (TPSA) is 12.5 Å². The molecule has 0 aliphatic carbocycles. The van der Waals surface area contributed by atoms with Crippen LogP contribution in [-0.2, 0) is 0 Å². The zero-order valence-corrected chi connectivity index (χ0v) is 9.27. The predicted molar refractivity (Wildman–Crippen MR) is 59.6 cm³/mol. The molecule has 1 aliphatic rings. The average molecular weight is 212 g/mol. The molecule has 1 aromatic carbocycles. The molecule has 0 atom stereocenters. The van der Waals surface area contributed by atoms with Crippen LogP contribution in [0, 0.1) is 6.92 Å². The number of hydrogen-bond donors (Lipinski definition) is 0. The molecule has 0 saturated carbocycles. The molecule has 0 radical (unpaired) electrons. The average Bonchev–Trinajstić information content (AvgIpc) is 2.09. The fraction of sp³-hybridized carbons (Fsp3) is 0.455. The Labute approximate surface area is 89.4 Å². The quantitative estimate of drug-likeness (QED) is 0.746. The highest BCUT2D eigenvalue weighted by molar-refractivity contribution is 6.31. The Kier molecular flexibility index (Phi) is 2.55. The van der Waals surface area contributed by atoms with Crippen LogP contribution in [0.2, 0.25) is 5.02 Å². The summed E-state index contributed by atoms with van der Waals surface area (Å²) in [5.41, 5.74) is 2.35. The van der Waals surface area contributed by atoms with Gasteiger partial charge in [-0.05, 0) is 25.0 Å². The number of nitrogens with zero attached hydrogens (tertiary/aromatic N) is 1.